The summed E-state index contributed by atoms with van der Waals surface area (Å²) in [4.78, 5) is 24.7. The molecule has 0 unspecified atom stereocenters. The van der Waals surface area contributed by atoms with Crippen molar-refractivity contribution in [3.63, 3.8) is 0 Å². The Hall–Kier alpha value is -2.37. The quantitative estimate of drug-likeness (QED) is 0.275. The van der Waals surface area contributed by atoms with E-state index in [0.29, 0.717) is 11.5 Å². The first-order valence-corrected chi connectivity index (χ1v) is 9.27. The van der Waals surface area contributed by atoms with Crippen molar-refractivity contribution in [2.45, 2.75) is 11.3 Å². The molecule has 1 fully saturated rings. The highest BCUT2D eigenvalue weighted by Gasteiger charge is 2.31. The lowest BCUT2D eigenvalue weighted by molar-refractivity contribution is -0.137. The number of benzene rings is 1. The summed E-state index contributed by atoms with van der Waals surface area (Å²) in [6.07, 6.45) is -0.362. The molecule has 1 aliphatic heterocycles. The van der Waals surface area contributed by atoms with Gasteiger partial charge in [0, 0.05) is 32.2 Å². The van der Waals surface area contributed by atoms with Crippen molar-refractivity contribution < 1.29 is 27.5 Å². The van der Waals surface area contributed by atoms with Gasteiger partial charge < -0.3 is 14.4 Å². The van der Waals surface area contributed by atoms with E-state index >= 15 is 0 Å². The number of nitrogens with one attached hydrogen (secondary N) is 1. The highest BCUT2D eigenvalue weighted by molar-refractivity contribution is 7.89. The molecule has 0 spiro atoms. The minimum Gasteiger partial charge on any atom is -0.493 e. The van der Waals surface area contributed by atoms with Gasteiger partial charge in [0.1, 0.15) is 6.42 Å². The van der Waals surface area contributed by atoms with Gasteiger partial charge in [0.25, 0.3) is 0 Å². The topological polar surface area (TPSA) is 131 Å². The Bertz CT molecular complexity index is 774. The molecule has 2 rings (SSSR count). The van der Waals surface area contributed by atoms with Crippen LogP contribution in [0.1, 0.15) is 6.42 Å². The van der Waals surface area contributed by atoms with E-state index in [0.717, 1.165) is 0 Å². The number of rotatable bonds is 6. The fourth-order valence-corrected chi connectivity index (χ4v) is 4.04. The Labute approximate surface area is 151 Å². The number of amides is 2. The zero-order chi connectivity index (χ0) is 19.3. The first-order valence-electron chi connectivity index (χ1n) is 7.83. The molecule has 0 aromatic heterocycles. The van der Waals surface area contributed by atoms with E-state index in [-0.39, 0.29) is 37.5 Å². The van der Waals surface area contributed by atoms with Gasteiger partial charge in [0.2, 0.25) is 21.8 Å². The van der Waals surface area contributed by atoms with Crippen LogP contribution in [0.4, 0.5) is 0 Å². The predicted octanol–water partition coefficient (Wildman–Crippen LogP) is -1.08. The number of piperazine rings is 1. The summed E-state index contributed by atoms with van der Waals surface area (Å²) in [5.41, 5.74) is 1.89. The fraction of sp³-hybridized carbons (Fsp3) is 0.467. The zero-order valence-electron chi connectivity index (χ0n) is 14.6. The molecule has 10 nitrogen and oxygen atoms in total. The SMILES string of the molecule is COc1ccc(S(=O)(=O)N2CCN(C(=O)CC(=O)NN)CC2)cc1OC. The number of hydrogen-bond acceptors (Lipinski definition) is 7. The molecule has 26 heavy (non-hydrogen) atoms. The molecule has 1 heterocycles. The highest BCUT2D eigenvalue weighted by Crippen LogP contribution is 2.30. The van der Waals surface area contributed by atoms with Crippen LogP contribution in [0.2, 0.25) is 0 Å². The summed E-state index contributed by atoms with van der Waals surface area (Å²) >= 11 is 0. The van der Waals surface area contributed by atoms with Crippen molar-refractivity contribution in [3.05, 3.63) is 18.2 Å². The summed E-state index contributed by atoms with van der Waals surface area (Å²) in [7, 11) is -0.844. The van der Waals surface area contributed by atoms with Crippen molar-refractivity contribution >= 4 is 21.8 Å². The molecule has 1 aliphatic rings. The standard InChI is InChI=1S/C15H22N4O6S/c1-24-12-4-3-11(9-13(12)25-2)26(22,23)19-7-5-18(6-8-19)15(21)10-14(20)17-16/h3-4,9H,5-8,10,16H2,1-2H3,(H,17,20). The summed E-state index contributed by atoms with van der Waals surface area (Å²) in [6, 6.07) is 4.37. The molecule has 0 radical (unpaired) electrons. The lowest BCUT2D eigenvalue weighted by atomic mass is 10.3. The number of sulfonamides is 1. The molecule has 0 aliphatic carbocycles. The summed E-state index contributed by atoms with van der Waals surface area (Å²) < 4.78 is 37.2. The molecular formula is C15H22N4O6S. The second kappa shape index (κ2) is 8.34. The van der Waals surface area contributed by atoms with E-state index in [4.69, 9.17) is 15.3 Å². The number of ether oxygens (including phenoxy) is 2. The number of hydrazine groups is 1. The third-order valence-corrected chi connectivity index (χ3v) is 5.95. The first-order chi connectivity index (χ1) is 12.3. The number of nitrogens with two attached hydrogens (primary N) is 1. The Morgan fingerprint density at radius 2 is 1.73 bits per heavy atom. The number of nitrogens with zero attached hydrogens (tertiary/aromatic N) is 2. The lowest BCUT2D eigenvalue weighted by Gasteiger charge is -2.34. The van der Waals surface area contributed by atoms with Gasteiger partial charge in [-0.3, -0.25) is 15.0 Å². The smallest absolute Gasteiger partial charge is 0.243 e. The maximum Gasteiger partial charge on any atom is 0.243 e. The van der Waals surface area contributed by atoms with E-state index in [2.05, 4.69) is 0 Å². The molecule has 1 aromatic rings. The van der Waals surface area contributed by atoms with Crippen LogP contribution in [0.25, 0.3) is 0 Å². The zero-order valence-corrected chi connectivity index (χ0v) is 15.4. The molecule has 11 heteroatoms. The van der Waals surface area contributed by atoms with Crippen LogP contribution < -0.4 is 20.7 Å². The van der Waals surface area contributed by atoms with Gasteiger partial charge in [0.05, 0.1) is 19.1 Å². The number of hydrogen-bond donors (Lipinski definition) is 2. The van der Waals surface area contributed by atoms with Gasteiger partial charge >= 0.3 is 0 Å². The minimum absolute atomic E-state index is 0.0810. The van der Waals surface area contributed by atoms with E-state index in [9.17, 15) is 18.0 Å². The molecule has 144 valence electrons. The van der Waals surface area contributed by atoms with Crippen molar-refractivity contribution in [1.82, 2.24) is 14.6 Å². The van der Waals surface area contributed by atoms with Gasteiger partial charge in [-0.1, -0.05) is 0 Å². The molecule has 1 aromatic carbocycles. The summed E-state index contributed by atoms with van der Waals surface area (Å²) in [5.74, 6) is 4.73. The van der Waals surface area contributed by atoms with Crippen LogP contribution >= 0.6 is 0 Å². The number of methoxy groups -OCH3 is 2. The van der Waals surface area contributed by atoms with Gasteiger partial charge in [-0.05, 0) is 12.1 Å². The number of carbonyl (C=O) groups is 2. The van der Waals surface area contributed by atoms with Crippen LogP contribution in [0.15, 0.2) is 23.1 Å². The summed E-state index contributed by atoms with van der Waals surface area (Å²) in [5, 5.41) is 0. The summed E-state index contributed by atoms with van der Waals surface area (Å²) in [6.45, 7) is 0.658. The van der Waals surface area contributed by atoms with Crippen LogP contribution in [0.3, 0.4) is 0 Å². The molecule has 0 atom stereocenters. The van der Waals surface area contributed by atoms with Gasteiger partial charge in [0.15, 0.2) is 11.5 Å². The number of carbonyl (C=O) groups excluding carboxylic acids is 2. The Morgan fingerprint density at radius 1 is 1.12 bits per heavy atom. The molecular weight excluding hydrogens is 364 g/mol. The van der Waals surface area contributed by atoms with Crippen LogP contribution in [-0.4, -0.2) is 69.8 Å². The second-order valence-corrected chi connectivity index (χ2v) is 7.48. The van der Waals surface area contributed by atoms with E-state index in [1.807, 2.05) is 5.43 Å². The molecule has 0 saturated carbocycles. The van der Waals surface area contributed by atoms with Crippen LogP contribution in [-0.2, 0) is 19.6 Å². The van der Waals surface area contributed by atoms with Crippen molar-refractivity contribution in [1.29, 1.82) is 0 Å². The molecule has 1 saturated heterocycles. The van der Waals surface area contributed by atoms with Crippen molar-refractivity contribution in [3.8, 4) is 11.5 Å². The third-order valence-electron chi connectivity index (χ3n) is 4.06. The fourth-order valence-electron chi connectivity index (χ4n) is 2.60. The molecule has 3 N–H and O–H groups in total. The predicted molar refractivity (Wildman–Crippen MR) is 91.8 cm³/mol. The van der Waals surface area contributed by atoms with E-state index < -0.39 is 21.8 Å². The lowest BCUT2D eigenvalue weighted by Crippen LogP contribution is -2.51. The first kappa shape index (κ1) is 19.9. The van der Waals surface area contributed by atoms with Crippen molar-refractivity contribution in [2.24, 2.45) is 5.84 Å². The highest BCUT2D eigenvalue weighted by atomic mass is 32.2. The van der Waals surface area contributed by atoms with E-state index in [1.54, 1.807) is 0 Å². The normalized spacial score (nSPS) is 15.4. The maximum atomic E-state index is 12.8. The van der Waals surface area contributed by atoms with E-state index in [1.165, 1.54) is 41.6 Å². The van der Waals surface area contributed by atoms with Gasteiger partial charge in [-0.2, -0.15) is 4.31 Å². The maximum absolute atomic E-state index is 12.8. The average molecular weight is 386 g/mol. The minimum atomic E-state index is -3.74. The Kier molecular flexibility index (Phi) is 6.40. The van der Waals surface area contributed by atoms with Gasteiger partial charge in [-0.15, -0.1) is 0 Å². The molecule has 0 bridgehead atoms. The Morgan fingerprint density at radius 3 is 2.27 bits per heavy atom. The average Bonchev–Trinajstić information content (AvgIpc) is 2.67. The van der Waals surface area contributed by atoms with Crippen LogP contribution in [0, 0.1) is 0 Å². The third kappa shape index (κ3) is 4.23. The van der Waals surface area contributed by atoms with Crippen LogP contribution in [0.5, 0.6) is 11.5 Å². The second-order valence-electron chi connectivity index (χ2n) is 5.55. The van der Waals surface area contributed by atoms with Crippen molar-refractivity contribution in [2.75, 3.05) is 40.4 Å². The molecule has 2 amide bonds. The largest absolute Gasteiger partial charge is 0.493 e. The van der Waals surface area contributed by atoms with Gasteiger partial charge in [-0.25, -0.2) is 14.3 Å². The monoisotopic (exact) mass is 386 g/mol. The Balaban J connectivity index is 2.08.